The molecule has 1 heterocycles. The van der Waals surface area contributed by atoms with Gasteiger partial charge in [-0.25, -0.2) is 0 Å². The van der Waals surface area contributed by atoms with Crippen LogP contribution < -0.4 is 11.1 Å². The maximum atomic E-state index is 12.0. The zero-order valence-electron chi connectivity index (χ0n) is 13.7. The molecule has 1 fully saturated rings. The van der Waals surface area contributed by atoms with E-state index in [0.717, 1.165) is 17.3 Å². The van der Waals surface area contributed by atoms with Gasteiger partial charge in [0.2, 0.25) is 11.8 Å². The van der Waals surface area contributed by atoms with Crippen LogP contribution in [0.5, 0.6) is 0 Å². The Morgan fingerprint density at radius 1 is 1.29 bits per heavy atom. The highest BCUT2D eigenvalue weighted by atomic mass is 35.5. The van der Waals surface area contributed by atoms with E-state index in [1.54, 1.807) is 24.3 Å². The predicted octanol–water partition coefficient (Wildman–Crippen LogP) is 2.62. The van der Waals surface area contributed by atoms with E-state index in [0.29, 0.717) is 18.0 Å². The molecule has 1 aromatic carbocycles. The smallest absolute Gasteiger partial charge is 0.289 e. The normalized spacial score (nSPS) is 15.4. The first-order valence-electron chi connectivity index (χ1n) is 7.49. The molecular formula is C16H22ClN3O3S. The average Bonchev–Trinajstić information content (AvgIpc) is 2.80. The minimum atomic E-state index is -0.536. The first-order valence-corrected chi connectivity index (χ1v) is 8.48. The van der Waals surface area contributed by atoms with E-state index in [9.17, 15) is 14.4 Å². The first kappa shape index (κ1) is 20.5. The standard InChI is InChI=1S/C16H21N3O3S.ClH/c1-10(2)7-13(17)15(21)18-12-5-3-11(4-6-12)8-19-14(20)9-23-16(19)22;/h3-6,10,13H,7-9,17H2,1-2H3,(H,18,21);1H/t13-;/m0./s1. The van der Waals surface area contributed by atoms with Crippen LogP contribution in [-0.2, 0) is 16.1 Å². The summed E-state index contributed by atoms with van der Waals surface area (Å²) in [5.41, 5.74) is 7.32. The lowest BCUT2D eigenvalue weighted by atomic mass is 10.0. The molecule has 0 unspecified atom stereocenters. The molecule has 3 N–H and O–H groups in total. The molecule has 1 aliphatic rings. The molecule has 0 spiro atoms. The van der Waals surface area contributed by atoms with Crippen LogP contribution in [0, 0.1) is 5.92 Å². The van der Waals surface area contributed by atoms with Crippen LogP contribution in [0.3, 0.4) is 0 Å². The monoisotopic (exact) mass is 371 g/mol. The largest absolute Gasteiger partial charge is 0.325 e. The lowest BCUT2D eigenvalue weighted by Gasteiger charge is -2.15. The van der Waals surface area contributed by atoms with Gasteiger partial charge < -0.3 is 11.1 Å². The van der Waals surface area contributed by atoms with Crippen LogP contribution in [0.25, 0.3) is 0 Å². The second-order valence-corrected chi connectivity index (χ2v) is 6.88. The van der Waals surface area contributed by atoms with E-state index in [4.69, 9.17) is 5.73 Å². The van der Waals surface area contributed by atoms with E-state index in [1.807, 2.05) is 13.8 Å². The minimum Gasteiger partial charge on any atom is -0.325 e. The molecule has 2 rings (SSSR count). The highest BCUT2D eigenvalue weighted by molar-refractivity contribution is 8.14. The van der Waals surface area contributed by atoms with E-state index in [1.165, 1.54) is 4.90 Å². The Hall–Kier alpha value is -1.57. The average molecular weight is 372 g/mol. The van der Waals surface area contributed by atoms with Gasteiger partial charge in [-0.2, -0.15) is 0 Å². The number of rotatable bonds is 6. The Kier molecular flexibility index (Phi) is 7.72. The third-order valence-electron chi connectivity index (χ3n) is 3.46. The fraction of sp³-hybridized carbons (Fsp3) is 0.438. The van der Waals surface area contributed by atoms with Gasteiger partial charge in [-0.3, -0.25) is 19.3 Å². The number of nitrogens with one attached hydrogen (secondary N) is 1. The van der Waals surface area contributed by atoms with Crippen molar-refractivity contribution in [2.75, 3.05) is 11.1 Å². The van der Waals surface area contributed by atoms with Crippen molar-refractivity contribution in [1.82, 2.24) is 4.90 Å². The van der Waals surface area contributed by atoms with Gasteiger partial charge in [-0.05, 0) is 30.0 Å². The van der Waals surface area contributed by atoms with Crippen LogP contribution in [0.15, 0.2) is 24.3 Å². The number of nitrogens with zero attached hydrogens (tertiary/aromatic N) is 1. The van der Waals surface area contributed by atoms with Crippen molar-refractivity contribution < 1.29 is 14.4 Å². The number of amides is 3. The number of carbonyl (C=O) groups excluding carboxylic acids is 3. The quantitative estimate of drug-likeness (QED) is 0.801. The Balaban J connectivity index is 0.00000288. The Morgan fingerprint density at radius 2 is 1.92 bits per heavy atom. The summed E-state index contributed by atoms with van der Waals surface area (Å²) in [5, 5.41) is 2.55. The van der Waals surface area contributed by atoms with Crippen LogP contribution in [0.2, 0.25) is 0 Å². The summed E-state index contributed by atoms with van der Waals surface area (Å²) in [6.07, 6.45) is 0.626. The van der Waals surface area contributed by atoms with Crippen molar-refractivity contribution in [2.45, 2.75) is 32.9 Å². The molecule has 1 aromatic rings. The van der Waals surface area contributed by atoms with Gasteiger partial charge in [0, 0.05) is 5.69 Å². The van der Waals surface area contributed by atoms with Crippen molar-refractivity contribution in [3.05, 3.63) is 29.8 Å². The second kappa shape index (κ2) is 9.05. The van der Waals surface area contributed by atoms with Crippen molar-refractivity contribution in [2.24, 2.45) is 11.7 Å². The third-order valence-corrected chi connectivity index (χ3v) is 4.32. The van der Waals surface area contributed by atoms with Gasteiger partial charge in [0.05, 0.1) is 18.3 Å². The number of imide groups is 1. The molecule has 0 bridgehead atoms. The van der Waals surface area contributed by atoms with Gasteiger partial charge >= 0.3 is 0 Å². The van der Waals surface area contributed by atoms with E-state index in [2.05, 4.69) is 5.32 Å². The lowest BCUT2D eigenvalue weighted by Crippen LogP contribution is -2.36. The van der Waals surface area contributed by atoms with Gasteiger partial charge in [-0.1, -0.05) is 37.7 Å². The van der Waals surface area contributed by atoms with Gasteiger partial charge in [0.15, 0.2) is 0 Å². The number of nitrogens with two attached hydrogens (primary N) is 1. The number of benzene rings is 1. The molecule has 6 nitrogen and oxygen atoms in total. The summed E-state index contributed by atoms with van der Waals surface area (Å²) in [6.45, 7) is 4.29. The molecule has 0 saturated carbocycles. The fourth-order valence-electron chi connectivity index (χ4n) is 2.26. The molecular weight excluding hydrogens is 350 g/mol. The molecule has 8 heteroatoms. The molecule has 1 aliphatic heterocycles. The molecule has 0 aliphatic carbocycles. The number of hydrogen-bond acceptors (Lipinski definition) is 5. The zero-order chi connectivity index (χ0) is 17.0. The third kappa shape index (κ3) is 5.51. The maximum absolute atomic E-state index is 12.0. The summed E-state index contributed by atoms with van der Waals surface area (Å²) >= 11 is 1.02. The van der Waals surface area contributed by atoms with Crippen LogP contribution in [0.4, 0.5) is 10.5 Å². The van der Waals surface area contributed by atoms with Crippen molar-refractivity contribution in [3.8, 4) is 0 Å². The van der Waals surface area contributed by atoms with E-state index in [-0.39, 0.29) is 41.8 Å². The fourth-order valence-corrected chi connectivity index (χ4v) is 2.98. The Morgan fingerprint density at radius 3 is 2.42 bits per heavy atom. The second-order valence-electron chi connectivity index (χ2n) is 5.96. The molecule has 3 amide bonds. The van der Waals surface area contributed by atoms with Crippen molar-refractivity contribution >= 4 is 46.9 Å². The number of anilines is 1. The molecule has 132 valence electrons. The summed E-state index contributed by atoms with van der Waals surface area (Å²) < 4.78 is 0. The van der Waals surface area contributed by atoms with Gasteiger partial charge in [-0.15, -0.1) is 12.4 Å². The highest BCUT2D eigenvalue weighted by Gasteiger charge is 2.29. The minimum absolute atomic E-state index is 0. The number of carbonyl (C=O) groups is 3. The predicted molar refractivity (Wildman–Crippen MR) is 98.2 cm³/mol. The van der Waals surface area contributed by atoms with Gasteiger partial charge in [0.25, 0.3) is 5.24 Å². The SMILES string of the molecule is CC(C)C[C@H](N)C(=O)Nc1ccc(CN2C(=O)CSC2=O)cc1.Cl. The number of hydrogen-bond donors (Lipinski definition) is 2. The Labute approximate surface area is 151 Å². The summed E-state index contributed by atoms with van der Waals surface area (Å²) in [5.74, 6) is 0.178. The van der Waals surface area contributed by atoms with E-state index < -0.39 is 6.04 Å². The van der Waals surface area contributed by atoms with Crippen LogP contribution in [-0.4, -0.2) is 33.7 Å². The summed E-state index contributed by atoms with van der Waals surface area (Å²) in [7, 11) is 0. The van der Waals surface area contributed by atoms with Gasteiger partial charge in [0.1, 0.15) is 0 Å². The van der Waals surface area contributed by atoms with Crippen molar-refractivity contribution in [1.29, 1.82) is 0 Å². The molecule has 1 atom stereocenters. The number of halogens is 1. The number of thioether (sulfide) groups is 1. The van der Waals surface area contributed by atoms with Crippen molar-refractivity contribution in [3.63, 3.8) is 0 Å². The molecule has 24 heavy (non-hydrogen) atoms. The highest BCUT2D eigenvalue weighted by Crippen LogP contribution is 2.22. The Bertz CT molecular complexity index is 591. The topological polar surface area (TPSA) is 92.5 Å². The summed E-state index contributed by atoms with van der Waals surface area (Å²) in [6, 6.07) is 6.52. The van der Waals surface area contributed by atoms with Crippen LogP contribution >= 0.6 is 24.2 Å². The van der Waals surface area contributed by atoms with E-state index >= 15 is 0 Å². The maximum Gasteiger partial charge on any atom is 0.289 e. The molecule has 1 saturated heterocycles. The zero-order valence-corrected chi connectivity index (χ0v) is 15.3. The molecule has 0 aromatic heterocycles. The van der Waals surface area contributed by atoms with Crippen LogP contribution in [0.1, 0.15) is 25.8 Å². The first-order chi connectivity index (χ1) is 10.9. The lowest BCUT2D eigenvalue weighted by molar-refractivity contribution is -0.125. The summed E-state index contributed by atoms with van der Waals surface area (Å²) in [4.78, 5) is 36.3. The molecule has 0 radical (unpaired) electrons.